The van der Waals surface area contributed by atoms with E-state index < -0.39 is 0 Å². The van der Waals surface area contributed by atoms with Crippen LogP contribution >= 0.6 is 35.5 Å². The highest BCUT2D eigenvalue weighted by molar-refractivity contribution is 8.00. The zero-order valence-corrected chi connectivity index (χ0v) is 15.8. The molecule has 1 fully saturated rings. The molecular weight excluding hydrogens is 362 g/mol. The number of hydrogen-bond donors (Lipinski definition) is 2. The van der Waals surface area contributed by atoms with E-state index >= 15 is 0 Å². The van der Waals surface area contributed by atoms with Crippen molar-refractivity contribution in [3.05, 3.63) is 40.3 Å². The van der Waals surface area contributed by atoms with Gasteiger partial charge in [-0.2, -0.15) is 0 Å². The molecule has 24 heavy (non-hydrogen) atoms. The van der Waals surface area contributed by atoms with Crippen LogP contribution in [0.4, 0.5) is 5.69 Å². The van der Waals surface area contributed by atoms with Gasteiger partial charge in [0.05, 0.1) is 5.01 Å². The number of nitrogens with zero attached hydrogens (tertiary/aromatic N) is 1. The summed E-state index contributed by atoms with van der Waals surface area (Å²) >= 11 is 3.43. The molecule has 1 saturated carbocycles. The van der Waals surface area contributed by atoms with Crippen molar-refractivity contribution in [2.75, 3.05) is 11.9 Å². The highest BCUT2D eigenvalue weighted by Gasteiger charge is 2.16. The monoisotopic (exact) mass is 383 g/mol. The number of rotatable bonds is 6. The van der Waals surface area contributed by atoms with E-state index in [1.165, 1.54) is 41.9 Å². The third-order valence-corrected chi connectivity index (χ3v) is 6.12. The zero-order chi connectivity index (χ0) is 16.1. The maximum Gasteiger partial charge on any atom is 0.275 e. The number of nitrogens with two attached hydrogens (primary N) is 1. The number of thioether (sulfide) groups is 1. The number of carbonyl (C=O) groups excluding carboxylic acids is 1. The minimum absolute atomic E-state index is 0. The van der Waals surface area contributed by atoms with Crippen molar-refractivity contribution >= 4 is 47.1 Å². The van der Waals surface area contributed by atoms with Gasteiger partial charge in [0.1, 0.15) is 5.69 Å². The van der Waals surface area contributed by atoms with Gasteiger partial charge < -0.3 is 11.1 Å². The van der Waals surface area contributed by atoms with Crippen LogP contribution in [0.3, 0.4) is 0 Å². The highest BCUT2D eigenvalue weighted by atomic mass is 35.5. The molecule has 0 atom stereocenters. The molecule has 0 spiro atoms. The summed E-state index contributed by atoms with van der Waals surface area (Å²) in [5, 5.41) is 6.34. The van der Waals surface area contributed by atoms with Crippen LogP contribution in [0, 0.1) is 0 Å². The fourth-order valence-electron chi connectivity index (χ4n) is 2.66. The summed E-state index contributed by atoms with van der Waals surface area (Å²) in [5.41, 5.74) is 6.77. The van der Waals surface area contributed by atoms with Gasteiger partial charge in [-0.25, -0.2) is 4.98 Å². The molecule has 0 radical (unpaired) electrons. The van der Waals surface area contributed by atoms with E-state index in [2.05, 4.69) is 22.4 Å². The number of amides is 1. The van der Waals surface area contributed by atoms with E-state index in [0.29, 0.717) is 18.7 Å². The van der Waals surface area contributed by atoms with Crippen LogP contribution in [-0.2, 0) is 6.42 Å². The lowest BCUT2D eigenvalue weighted by atomic mass is 10.3. The van der Waals surface area contributed by atoms with Gasteiger partial charge in [0.2, 0.25) is 0 Å². The number of thiazole rings is 1. The van der Waals surface area contributed by atoms with Crippen molar-refractivity contribution in [2.45, 2.75) is 42.2 Å². The van der Waals surface area contributed by atoms with Crippen LogP contribution in [-0.4, -0.2) is 22.7 Å². The minimum atomic E-state index is -0.166. The first kappa shape index (κ1) is 19.2. The van der Waals surface area contributed by atoms with E-state index in [9.17, 15) is 4.79 Å². The van der Waals surface area contributed by atoms with Crippen LogP contribution in [0.2, 0.25) is 0 Å². The van der Waals surface area contributed by atoms with Gasteiger partial charge in [-0.1, -0.05) is 12.8 Å². The van der Waals surface area contributed by atoms with E-state index in [1.807, 2.05) is 23.9 Å². The molecule has 3 rings (SSSR count). The van der Waals surface area contributed by atoms with Gasteiger partial charge in [-0.3, -0.25) is 4.79 Å². The summed E-state index contributed by atoms with van der Waals surface area (Å²) in [5.74, 6) is -0.166. The highest BCUT2D eigenvalue weighted by Crippen LogP contribution is 2.34. The number of benzene rings is 1. The van der Waals surface area contributed by atoms with Crippen LogP contribution in [0.25, 0.3) is 0 Å². The van der Waals surface area contributed by atoms with Crippen LogP contribution in [0.15, 0.2) is 34.5 Å². The Hall–Kier alpha value is -1.08. The Kier molecular flexibility index (Phi) is 7.55. The lowest BCUT2D eigenvalue weighted by Gasteiger charge is -2.09. The van der Waals surface area contributed by atoms with Gasteiger partial charge in [0.15, 0.2) is 0 Å². The average molecular weight is 384 g/mol. The largest absolute Gasteiger partial charge is 0.330 e. The van der Waals surface area contributed by atoms with Crippen molar-refractivity contribution in [2.24, 2.45) is 5.73 Å². The summed E-state index contributed by atoms with van der Waals surface area (Å²) in [4.78, 5) is 17.8. The Labute approximate surface area is 157 Å². The Bertz CT molecular complexity index is 654. The topological polar surface area (TPSA) is 68.0 Å². The van der Waals surface area contributed by atoms with Crippen LogP contribution in [0.5, 0.6) is 0 Å². The molecule has 1 aliphatic rings. The van der Waals surface area contributed by atoms with Gasteiger partial charge in [0.25, 0.3) is 5.91 Å². The second kappa shape index (κ2) is 9.42. The van der Waals surface area contributed by atoms with Crippen molar-refractivity contribution in [1.82, 2.24) is 4.98 Å². The number of aromatic nitrogens is 1. The summed E-state index contributed by atoms with van der Waals surface area (Å²) < 4.78 is 0. The van der Waals surface area contributed by atoms with E-state index in [4.69, 9.17) is 5.73 Å². The lowest BCUT2D eigenvalue weighted by molar-refractivity contribution is 0.102. The predicted molar refractivity (Wildman–Crippen MR) is 105 cm³/mol. The Morgan fingerprint density at radius 1 is 1.29 bits per heavy atom. The molecule has 0 saturated heterocycles. The Morgan fingerprint density at radius 3 is 2.67 bits per heavy atom. The quantitative estimate of drug-likeness (QED) is 0.777. The number of nitrogens with one attached hydrogen (secondary N) is 1. The molecule has 1 heterocycles. The predicted octanol–water partition coefficient (Wildman–Crippen LogP) is 4.35. The van der Waals surface area contributed by atoms with Crippen molar-refractivity contribution in [3.8, 4) is 0 Å². The molecular formula is C17H22ClN3OS2. The molecule has 1 aliphatic carbocycles. The summed E-state index contributed by atoms with van der Waals surface area (Å²) in [7, 11) is 0. The van der Waals surface area contributed by atoms with Crippen LogP contribution in [0.1, 0.15) is 41.2 Å². The molecule has 1 amide bonds. The van der Waals surface area contributed by atoms with Gasteiger partial charge in [-0.05, 0) is 43.7 Å². The third-order valence-electron chi connectivity index (χ3n) is 3.86. The molecule has 0 bridgehead atoms. The molecule has 3 N–H and O–H groups in total. The first-order valence-corrected chi connectivity index (χ1v) is 9.73. The molecule has 4 nitrogen and oxygen atoms in total. The molecule has 0 unspecified atom stereocenters. The third kappa shape index (κ3) is 5.21. The van der Waals surface area contributed by atoms with Gasteiger partial charge in [-0.15, -0.1) is 35.5 Å². The maximum absolute atomic E-state index is 12.2. The van der Waals surface area contributed by atoms with E-state index in [0.717, 1.165) is 15.9 Å². The SMILES string of the molecule is Cl.NCCc1nc(C(=O)Nc2ccc(SC3CCCC3)cc2)cs1. The fraction of sp³-hybridized carbons (Fsp3) is 0.412. The summed E-state index contributed by atoms with van der Waals surface area (Å²) in [6.45, 7) is 0.550. The summed E-state index contributed by atoms with van der Waals surface area (Å²) in [6, 6.07) is 8.09. The smallest absolute Gasteiger partial charge is 0.275 e. The molecule has 0 aliphatic heterocycles. The number of hydrogen-bond acceptors (Lipinski definition) is 5. The molecule has 1 aromatic carbocycles. The second-order valence-corrected chi connectivity index (χ2v) is 7.98. The Morgan fingerprint density at radius 2 is 2.00 bits per heavy atom. The van der Waals surface area contributed by atoms with E-state index in [-0.39, 0.29) is 18.3 Å². The first-order chi connectivity index (χ1) is 11.2. The van der Waals surface area contributed by atoms with Gasteiger partial charge in [0, 0.05) is 27.6 Å². The lowest BCUT2D eigenvalue weighted by Crippen LogP contribution is -2.12. The van der Waals surface area contributed by atoms with E-state index in [1.54, 1.807) is 5.38 Å². The maximum atomic E-state index is 12.2. The minimum Gasteiger partial charge on any atom is -0.330 e. The molecule has 7 heteroatoms. The Balaban J connectivity index is 0.00000208. The normalized spacial score (nSPS) is 14.4. The average Bonchev–Trinajstić information content (AvgIpc) is 3.21. The number of halogens is 1. The van der Waals surface area contributed by atoms with Crippen molar-refractivity contribution in [3.63, 3.8) is 0 Å². The summed E-state index contributed by atoms with van der Waals surface area (Å²) in [6.07, 6.45) is 6.05. The first-order valence-electron chi connectivity index (χ1n) is 7.97. The number of anilines is 1. The second-order valence-electron chi connectivity index (χ2n) is 5.67. The van der Waals surface area contributed by atoms with Crippen LogP contribution < -0.4 is 11.1 Å². The molecule has 2 aromatic rings. The standard InChI is InChI=1S/C17H21N3OS2.ClH/c18-10-9-16-20-15(11-22-16)17(21)19-12-5-7-14(8-6-12)23-13-3-1-2-4-13;/h5-8,11,13H,1-4,9-10,18H2,(H,19,21);1H. The van der Waals surface area contributed by atoms with Gasteiger partial charge >= 0.3 is 0 Å². The van der Waals surface area contributed by atoms with Crippen molar-refractivity contribution in [1.29, 1.82) is 0 Å². The van der Waals surface area contributed by atoms with Crippen molar-refractivity contribution < 1.29 is 4.79 Å². The zero-order valence-electron chi connectivity index (χ0n) is 13.4. The number of carbonyl (C=O) groups is 1. The molecule has 1 aromatic heterocycles. The fourth-order valence-corrected chi connectivity index (χ4v) is 4.71. The molecule has 130 valence electrons.